The Labute approximate surface area is 129 Å². The van der Waals surface area contributed by atoms with E-state index in [1.54, 1.807) is 0 Å². The van der Waals surface area contributed by atoms with E-state index in [1.165, 1.54) is 13.0 Å². The highest BCUT2D eigenvalue weighted by atomic mass is 16.8. The smallest absolute Gasteiger partial charge is 0.351 e. The first-order chi connectivity index (χ1) is 10.8. The largest absolute Gasteiger partial charge is 0.872 e. The lowest BCUT2D eigenvalue weighted by Gasteiger charge is -2.14. The van der Waals surface area contributed by atoms with Gasteiger partial charge in [-0.3, -0.25) is 15.2 Å². The molecule has 0 saturated carbocycles. The van der Waals surface area contributed by atoms with Gasteiger partial charge >= 0.3 is 5.63 Å². The van der Waals surface area contributed by atoms with E-state index in [0.29, 0.717) is 0 Å². The number of hydrogen-bond donors (Lipinski definition) is 3. The van der Waals surface area contributed by atoms with E-state index in [4.69, 9.17) is 14.8 Å². The molecule has 0 spiro atoms. The number of anilines is 1. The molecule has 0 amide bonds. The second-order valence-electron chi connectivity index (χ2n) is 4.61. The lowest BCUT2D eigenvalue weighted by atomic mass is 10.1. The molecule has 0 unspecified atom stereocenters. The second-order valence-corrected chi connectivity index (χ2v) is 4.61. The normalized spacial score (nSPS) is 10.9. The summed E-state index contributed by atoms with van der Waals surface area (Å²) in [5, 5.41) is 38.9. The van der Waals surface area contributed by atoms with Crippen LogP contribution in [-0.4, -0.2) is 21.3 Å². The maximum atomic E-state index is 12.0. The Morgan fingerprint density at radius 3 is 2.61 bits per heavy atom. The summed E-state index contributed by atoms with van der Waals surface area (Å²) in [4.78, 5) is 23.6. The van der Waals surface area contributed by atoms with Crippen molar-refractivity contribution in [1.82, 2.24) is 0 Å². The number of rotatable bonds is 4. The molecule has 0 aliphatic rings. The van der Waals surface area contributed by atoms with Crippen molar-refractivity contribution >= 4 is 17.5 Å². The third-order valence-corrected chi connectivity index (χ3v) is 2.94. The molecule has 0 saturated heterocycles. The molecule has 0 fully saturated rings. The Morgan fingerprint density at radius 1 is 1.30 bits per heavy atom. The fraction of sp³-hybridized carbons (Fsp3) is 0.0667. The van der Waals surface area contributed by atoms with Crippen molar-refractivity contribution in [3.05, 3.63) is 57.6 Å². The van der Waals surface area contributed by atoms with E-state index >= 15 is 0 Å². The van der Waals surface area contributed by atoms with Gasteiger partial charge in [0.25, 0.3) is 0 Å². The fourth-order valence-electron chi connectivity index (χ4n) is 1.86. The average Bonchev–Trinajstić information content (AvgIpc) is 2.45. The summed E-state index contributed by atoms with van der Waals surface area (Å²) in [5.74, 6) is -1.71. The number of carbonyl (C=O) groups is 1. The zero-order valence-electron chi connectivity index (χ0n) is 11.9. The molecule has 8 nitrogen and oxygen atoms in total. The molecule has 1 heterocycles. The highest BCUT2D eigenvalue weighted by Crippen LogP contribution is 2.22. The zero-order valence-corrected chi connectivity index (χ0v) is 11.9. The van der Waals surface area contributed by atoms with Crippen molar-refractivity contribution in [2.24, 2.45) is 0 Å². The Kier molecular flexibility index (Phi) is 4.49. The van der Waals surface area contributed by atoms with Crippen molar-refractivity contribution < 1.29 is 29.8 Å². The Bertz CT molecular complexity index is 836. The lowest BCUT2D eigenvalue weighted by molar-refractivity contribution is -0.268. The number of benzene rings is 1. The van der Waals surface area contributed by atoms with Gasteiger partial charge in [-0.1, -0.05) is 12.1 Å². The van der Waals surface area contributed by atoms with Crippen LogP contribution in [0.2, 0.25) is 0 Å². The Morgan fingerprint density at radius 2 is 2.00 bits per heavy atom. The molecule has 2 rings (SSSR count). The predicted octanol–water partition coefficient (Wildman–Crippen LogP) is 1.21. The van der Waals surface area contributed by atoms with E-state index in [-0.39, 0.29) is 22.2 Å². The van der Waals surface area contributed by atoms with Gasteiger partial charge in [0.05, 0.1) is 5.69 Å². The van der Waals surface area contributed by atoms with Gasteiger partial charge in [0.2, 0.25) is 0 Å². The zero-order chi connectivity index (χ0) is 17.1. The van der Waals surface area contributed by atoms with Crippen LogP contribution in [0.3, 0.4) is 0 Å². The number of ketones is 1. The lowest BCUT2D eigenvalue weighted by Crippen LogP contribution is -2.13. The van der Waals surface area contributed by atoms with Crippen molar-refractivity contribution in [3.63, 3.8) is 0 Å². The molecule has 8 heteroatoms. The molecule has 0 bridgehead atoms. The van der Waals surface area contributed by atoms with Crippen molar-refractivity contribution in [2.45, 2.75) is 6.92 Å². The topological polar surface area (TPSA) is 134 Å². The third-order valence-electron chi connectivity index (χ3n) is 2.94. The monoisotopic (exact) mass is 318 g/mol. The molecule has 0 radical (unpaired) electrons. The number of nitrogens with zero attached hydrogens (tertiary/aromatic N) is 1. The third kappa shape index (κ3) is 3.57. The van der Waals surface area contributed by atoms with Crippen LogP contribution in [0.15, 0.2) is 39.6 Å². The highest BCUT2D eigenvalue weighted by Gasteiger charge is 2.15. The molecule has 1 aromatic heterocycles. The first-order valence-electron chi connectivity index (χ1n) is 6.34. The minimum Gasteiger partial charge on any atom is -0.872 e. The maximum absolute atomic E-state index is 12.0. The van der Waals surface area contributed by atoms with Gasteiger partial charge < -0.3 is 14.6 Å². The van der Waals surface area contributed by atoms with Crippen LogP contribution in [0.25, 0.3) is 6.08 Å². The molecule has 120 valence electrons. The molecule has 0 aliphatic heterocycles. The van der Waals surface area contributed by atoms with Gasteiger partial charge in [-0.05, 0) is 30.7 Å². The number of aromatic hydroxyl groups is 1. The van der Waals surface area contributed by atoms with Gasteiger partial charge in [0, 0.05) is 6.07 Å². The number of hydrogen-bond acceptors (Lipinski definition) is 8. The first kappa shape index (κ1) is 16.3. The van der Waals surface area contributed by atoms with Crippen LogP contribution >= 0.6 is 0 Å². The standard InChI is InChI=1S/C15H13NO7/c1-8-6-13(19)14(15(20)23-8)12(18)4-2-9-7-10(16(21)22)3-5-11(9)17/h2-7,17,19,21-22H,1H3/p-1. The van der Waals surface area contributed by atoms with E-state index in [9.17, 15) is 19.8 Å². The van der Waals surface area contributed by atoms with E-state index in [2.05, 4.69) is 0 Å². The number of carbonyl (C=O) groups excluding carboxylic acids is 1. The fourth-order valence-corrected chi connectivity index (χ4v) is 1.86. The maximum Gasteiger partial charge on any atom is 0.351 e. The van der Waals surface area contributed by atoms with E-state index in [0.717, 1.165) is 30.4 Å². The van der Waals surface area contributed by atoms with Crippen LogP contribution in [0, 0.1) is 6.92 Å². The van der Waals surface area contributed by atoms with Crippen LogP contribution in [0.5, 0.6) is 11.5 Å². The predicted molar refractivity (Wildman–Crippen MR) is 76.7 cm³/mol. The molecular formula is C15H12NO7-. The van der Waals surface area contributed by atoms with Gasteiger partial charge in [-0.2, -0.15) is 0 Å². The summed E-state index contributed by atoms with van der Waals surface area (Å²) in [6.45, 7) is 1.44. The quantitative estimate of drug-likeness (QED) is 0.435. The summed E-state index contributed by atoms with van der Waals surface area (Å²) in [5.41, 5.74) is -1.65. The van der Waals surface area contributed by atoms with Crippen LogP contribution < -0.4 is 16.0 Å². The summed E-state index contributed by atoms with van der Waals surface area (Å²) < 4.78 is 4.73. The molecule has 23 heavy (non-hydrogen) atoms. The minimum atomic E-state index is -0.995. The number of aryl methyl sites for hydroxylation is 1. The summed E-state index contributed by atoms with van der Waals surface area (Å²) in [6, 6.07) is 4.50. The van der Waals surface area contributed by atoms with Gasteiger partial charge in [0.15, 0.2) is 5.78 Å². The summed E-state index contributed by atoms with van der Waals surface area (Å²) in [7, 11) is 0. The minimum absolute atomic E-state index is 0.0139. The molecular weight excluding hydrogens is 306 g/mol. The molecule has 2 aromatic rings. The molecule has 3 N–H and O–H groups in total. The molecule has 0 aliphatic carbocycles. The highest BCUT2D eigenvalue weighted by molar-refractivity contribution is 6.08. The Hall–Kier alpha value is -3.10. The summed E-state index contributed by atoms with van der Waals surface area (Å²) >= 11 is 0. The van der Waals surface area contributed by atoms with Crippen molar-refractivity contribution in [2.75, 3.05) is 5.23 Å². The second kappa shape index (κ2) is 6.34. The van der Waals surface area contributed by atoms with Gasteiger partial charge in [0.1, 0.15) is 17.1 Å². The van der Waals surface area contributed by atoms with Crippen molar-refractivity contribution in [1.29, 1.82) is 0 Å². The van der Waals surface area contributed by atoms with Crippen LogP contribution in [0.1, 0.15) is 21.7 Å². The molecule has 1 aromatic carbocycles. The SMILES string of the molecule is Cc1cc(O)c(C(=O)C=Cc2cc(N(O)O)ccc2[O-])c(=O)o1. The molecule has 0 atom stereocenters. The first-order valence-corrected chi connectivity index (χ1v) is 6.34. The van der Waals surface area contributed by atoms with Crippen LogP contribution in [0.4, 0.5) is 5.69 Å². The Balaban J connectivity index is 2.36. The number of allylic oxidation sites excluding steroid dienone is 1. The van der Waals surface area contributed by atoms with Crippen molar-refractivity contribution in [3.8, 4) is 11.5 Å². The van der Waals surface area contributed by atoms with E-state index in [1.807, 2.05) is 0 Å². The van der Waals surface area contributed by atoms with E-state index < -0.39 is 28.5 Å². The summed E-state index contributed by atoms with van der Waals surface area (Å²) in [6.07, 6.45) is 2.00. The average molecular weight is 318 g/mol. The van der Waals surface area contributed by atoms with Gasteiger partial charge in [-0.15, -0.1) is 11.0 Å². The van der Waals surface area contributed by atoms with Crippen LogP contribution in [-0.2, 0) is 0 Å². The van der Waals surface area contributed by atoms with Gasteiger partial charge in [-0.25, -0.2) is 4.79 Å².